The Hall–Kier alpha value is -3.32. The number of rotatable bonds is 7. The smallest absolute Gasteiger partial charge is 0.240 e. The summed E-state index contributed by atoms with van der Waals surface area (Å²) < 4.78 is 8.00. The van der Waals surface area contributed by atoms with Gasteiger partial charge in [0.05, 0.1) is 6.61 Å². The standard InChI is InChI=1S/C27H32N6O/c1-31-11-3-5-24(31)22-4-2-12-32(16-22)17-23-14-20(8-9-25(23)34-18-19-6-7-19)21-10-13-33-26(15-21)29-27(28)30-33/h2,4,8-10,13-16,19,24H,3,5-7,11-12,17-18H2,1H3,(H2,28,30). The van der Waals surface area contributed by atoms with Gasteiger partial charge in [-0.1, -0.05) is 18.2 Å². The predicted octanol–water partition coefficient (Wildman–Crippen LogP) is 4.12. The van der Waals surface area contributed by atoms with E-state index < -0.39 is 0 Å². The molecule has 6 rings (SSSR count). The van der Waals surface area contributed by atoms with Gasteiger partial charge in [-0.25, -0.2) is 4.52 Å². The van der Waals surface area contributed by atoms with Crippen molar-refractivity contribution >= 4 is 11.6 Å². The number of anilines is 1. The zero-order valence-electron chi connectivity index (χ0n) is 19.7. The SMILES string of the molecule is CN1CCCC1C1=CN(Cc2cc(-c3ccn4nc(N)nc4c3)ccc2OCC2CC2)CC=C1. The van der Waals surface area contributed by atoms with E-state index in [1.54, 1.807) is 4.52 Å². The molecule has 3 aliphatic rings. The van der Waals surface area contributed by atoms with Gasteiger partial charge in [0.15, 0.2) is 5.65 Å². The number of nitrogens with two attached hydrogens (primary N) is 1. The minimum Gasteiger partial charge on any atom is -0.493 e. The molecule has 3 aromatic rings. The summed E-state index contributed by atoms with van der Waals surface area (Å²) >= 11 is 0. The summed E-state index contributed by atoms with van der Waals surface area (Å²) in [4.78, 5) is 9.20. The van der Waals surface area contributed by atoms with E-state index in [0.717, 1.165) is 48.1 Å². The highest BCUT2D eigenvalue weighted by atomic mass is 16.5. The highest BCUT2D eigenvalue weighted by Crippen LogP contribution is 2.33. The Bertz CT molecular complexity index is 1260. The lowest BCUT2D eigenvalue weighted by Gasteiger charge is -2.29. The highest BCUT2D eigenvalue weighted by Gasteiger charge is 2.25. The summed E-state index contributed by atoms with van der Waals surface area (Å²) in [5.74, 6) is 2.00. The first-order valence-corrected chi connectivity index (χ1v) is 12.3. The van der Waals surface area contributed by atoms with E-state index in [-0.39, 0.29) is 5.95 Å². The molecule has 176 valence electrons. The van der Waals surface area contributed by atoms with Crippen molar-refractivity contribution in [1.82, 2.24) is 24.4 Å². The van der Waals surface area contributed by atoms with Crippen molar-refractivity contribution in [3.63, 3.8) is 0 Å². The lowest BCUT2D eigenvalue weighted by molar-refractivity contribution is 0.289. The molecule has 1 atom stereocenters. The monoisotopic (exact) mass is 456 g/mol. The summed E-state index contributed by atoms with van der Waals surface area (Å²) in [5, 5.41) is 4.19. The summed E-state index contributed by atoms with van der Waals surface area (Å²) in [6.07, 6.45) is 13.9. The van der Waals surface area contributed by atoms with Crippen LogP contribution in [-0.4, -0.2) is 57.2 Å². The number of pyridine rings is 1. The van der Waals surface area contributed by atoms with Gasteiger partial charge in [-0.05, 0) is 86.2 Å². The van der Waals surface area contributed by atoms with Gasteiger partial charge in [0, 0.05) is 37.1 Å². The number of likely N-dealkylation sites (N-methyl/N-ethyl adjacent to an activating group) is 1. The van der Waals surface area contributed by atoms with E-state index in [9.17, 15) is 0 Å². The van der Waals surface area contributed by atoms with Crippen molar-refractivity contribution in [1.29, 1.82) is 0 Å². The fraction of sp³-hybridized carbons (Fsp3) is 0.407. The minimum atomic E-state index is 0.287. The average Bonchev–Trinajstić information content (AvgIpc) is 3.45. The highest BCUT2D eigenvalue weighted by molar-refractivity contribution is 5.69. The first-order chi connectivity index (χ1) is 16.6. The molecule has 1 aromatic carbocycles. The van der Waals surface area contributed by atoms with Crippen LogP contribution in [0.3, 0.4) is 0 Å². The van der Waals surface area contributed by atoms with Crippen molar-refractivity contribution < 1.29 is 4.74 Å². The number of ether oxygens (including phenoxy) is 1. The molecule has 2 aliphatic heterocycles. The number of nitrogen functional groups attached to an aromatic ring is 1. The van der Waals surface area contributed by atoms with Gasteiger partial charge in [0.1, 0.15) is 5.75 Å². The van der Waals surface area contributed by atoms with E-state index in [1.807, 2.05) is 12.3 Å². The third-order valence-corrected chi connectivity index (χ3v) is 7.18. The van der Waals surface area contributed by atoms with Gasteiger partial charge in [-0.3, -0.25) is 4.90 Å². The Kier molecular flexibility index (Phi) is 5.49. The van der Waals surface area contributed by atoms with Crippen LogP contribution in [0.2, 0.25) is 0 Å². The van der Waals surface area contributed by atoms with Crippen LogP contribution in [-0.2, 0) is 6.54 Å². The third-order valence-electron chi connectivity index (χ3n) is 7.18. The van der Waals surface area contributed by atoms with Crippen LogP contribution in [0.4, 0.5) is 5.95 Å². The number of fused-ring (bicyclic) bond motifs is 1. The van der Waals surface area contributed by atoms with Gasteiger partial charge in [-0.2, -0.15) is 4.98 Å². The summed E-state index contributed by atoms with van der Waals surface area (Å²) in [7, 11) is 2.23. The summed E-state index contributed by atoms with van der Waals surface area (Å²) in [6, 6.07) is 11.2. The van der Waals surface area contributed by atoms with Crippen molar-refractivity contribution in [2.75, 3.05) is 32.5 Å². The normalized spacial score (nSPS) is 20.8. The second-order valence-corrected chi connectivity index (χ2v) is 9.86. The number of nitrogens with zero attached hydrogens (tertiary/aromatic N) is 5. The first kappa shape index (κ1) is 21.2. The molecule has 2 aromatic heterocycles. The van der Waals surface area contributed by atoms with Crippen molar-refractivity contribution in [2.45, 2.75) is 38.3 Å². The topological polar surface area (TPSA) is 71.9 Å². The fourth-order valence-electron chi connectivity index (χ4n) is 5.08. The van der Waals surface area contributed by atoms with Gasteiger partial charge in [0.25, 0.3) is 0 Å². The maximum atomic E-state index is 6.29. The molecule has 0 bridgehead atoms. The zero-order valence-corrected chi connectivity index (χ0v) is 19.7. The van der Waals surface area contributed by atoms with Gasteiger partial charge < -0.3 is 15.4 Å². The van der Waals surface area contributed by atoms with Crippen molar-refractivity contribution in [3.05, 3.63) is 66.0 Å². The Morgan fingerprint density at radius 2 is 2.00 bits per heavy atom. The first-order valence-electron chi connectivity index (χ1n) is 12.3. The van der Waals surface area contributed by atoms with E-state index >= 15 is 0 Å². The quantitative estimate of drug-likeness (QED) is 0.577. The van der Waals surface area contributed by atoms with E-state index in [1.165, 1.54) is 43.4 Å². The molecule has 0 radical (unpaired) electrons. The van der Waals surface area contributed by atoms with Crippen LogP contribution in [0.5, 0.6) is 5.75 Å². The molecule has 1 saturated heterocycles. The largest absolute Gasteiger partial charge is 0.493 e. The van der Waals surface area contributed by atoms with Crippen LogP contribution in [0.25, 0.3) is 16.8 Å². The van der Waals surface area contributed by atoms with E-state index in [4.69, 9.17) is 10.5 Å². The number of likely N-dealkylation sites (tertiary alicyclic amines) is 1. The molecular weight excluding hydrogens is 424 g/mol. The maximum Gasteiger partial charge on any atom is 0.240 e. The Balaban J connectivity index is 1.29. The van der Waals surface area contributed by atoms with Gasteiger partial charge in [0.2, 0.25) is 5.95 Å². The molecule has 2 N–H and O–H groups in total. The molecular formula is C27H32N6O. The Morgan fingerprint density at radius 3 is 2.82 bits per heavy atom. The molecule has 1 unspecified atom stereocenters. The van der Waals surface area contributed by atoms with Crippen LogP contribution >= 0.6 is 0 Å². The minimum absolute atomic E-state index is 0.287. The number of aromatic nitrogens is 3. The lowest BCUT2D eigenvalue weighted by atomic mass is 10.0. The summed E-state index contributed by atoms with van der Waals surface area (Å²) in [6.45, 7) is 3.72. The average molecular weight is 457 g/mol. The molecule has 1 aliphatic carbocycles. The molecule has 7 heteroatoms. The number of hydrogen-bond acceptors (Lipinski definition) is 6. The molecule has 0 amide bonds. The molecule has 2 fully saturated rings. The third kappa shape index (κ3) is 4.40. The zero-order chi connectivity index (χ0) is 23.1. The molecule has 4 heterocycles. The number of benzene rings is 1. The van der Waals surface area contributed by atoms with E-state index in [2.05, 4.69) is 69.5 Å². The second kappa shape index (κ2) is 8.80. The van der Waals surface area contributed by atoms with Crippen LogP contribution in [0.15, 0.2) is 60.5 Å². The second-order valence-electron chi connectivity index (χ2n) is 9.86. The summed E-state index contributed by atoms with van der Waals surface area (Å²) in [5.41, 5.74) is 11.4. The fourth-order valence-corrected chi connectivity index (χ4v) is 5.08. The van der Waals surface area contributed by atoms with Crippen molar-refractivity contribution in [3.8, 4) is 16.9 Å². The van der Waals surface area contributed by atoms with Crippen LogP contribution in [0, 0.1) is 5.92 Å². The van der Waals surface area contributed by atoms with Gasteiger partial charge >= 0.3 is 0 Å². The molecule has 1 saturated carbocycles. The number of hydrogen-bond donors (Lipinski definition) is 1. The molecule has 7 nitrogen and oxygen atoms in total. The van der Waals surface area contributed by atoms with Gasteiger partial charge in [-0.15, -0.1) is 5.10 Å². The predicted molar refractivity (Wildman–Crippen MR) is 134 cm³/mol. The maximum absolute atomic E-state index is 6.29. The van der Waals surface area contributed by atoms with Crippen molar-refractivity contribution in [2.24, 2.45) is 5.92 Å². The van der Waals surface area contributed by atoms with Crippen LogP contribution < -0.4 is 10.5 Å². The molecule has 0 spiro atoms. The van der Waals surface area contributed by atoms with Crippen LogP contribution in [0.1, 0.15) is 31.2 Å². The van der Waals surface area contributed by atoms with E-state index in [0.29, 0.717) is 6.04 Å². The molecule has 34 heavy (non-hydrogen) atoms. The Morgan fingerprint density at radius 1 is 1.12 bits per heavy atom. The lowest BCUT2D eigenvalue weighted by Crippen LogP contribution is -2.30. The Labute approximate surface area is 200 Å².